The van der Waals surface area contributed by atoms with Gasteiger partial charge in [0.05, 0.1) is 11.2 Å². The first-order valence-corrected chi connectivity index (χ1v) is 4.55. The van der Waals surface area contributed by atoms with Crippen molar-refractivity contribution >= 4 is 16.6 Å². The van der Waals surface area contributed by atoms with Gasteiger partial charge in [-0.3, -0.25) is 4.98 Å². The van der Waals surface area contributed by atoms with Crippen LogP contribution in [0.2, 0.25) is 0 Å². The molecule has 3 nitrogen and oxygen atoms in total. The van der Waals surface area contributed by atoms with E-state index >= 15 is 0 Å². The average Bonchev–Trinajstić information content (AvgIpc) is 2.18. The summed E-state index contributed by atoms with van der Waals surface area (Å²) in [7, 11) is 3.93. The number of hydrogen-bond acceptors (Lipinski definition) is 3. The summed E-state index contributed by atoms with van der Waals surface area (Å²) in [5, 5.41) is 3.06. The van der Waals surface area contributed by atoms with Gasteiger partial charge in [-0.25, -0.2) is 5.01 Å². The molecule has 0 fully saturated rings. The van der Waals surface area contributed by atoms with E-state index in [2.05, 4.69) is 16.5 Å². The van der Waals surface area contributed by atoms with Gasteiger partial charge in [0.1, 0.15) is 0 Å². The van der Waals surface area contributed by atoms with Crippen LogP contribution in [0.1, 0.15) is 0 Å². The molecule has 14 heavy (non-hydrogen) atoms. The second-order valence-corrected chi connectivity index (χ2v) is 3.38. The third-order valence-electron chi connectivity index (χ3n) is 1.99. The van der Waals surface area contributed by atoms with Gasteiger partial charge in [0, 0.05) is 25.7 Å². The monoisotopic (exact) mass is 187 g/mol. The Hall–Kier alpha value is -1.61. The van der Waals surface area contributed by atoms with Gasteiger partial charge in [0.25, 0.3) is 0 Å². The number of hydrazine groups is 1. The molecule has 0 unspecified atom stereocenters. The summed E-state index contributed by atoms with van der Waals surface area (Å²) in [5.41, 5.74) is 5.34. The van der Waals surface area contributed by atoms with Gasteiger partial charge in [-0.05, 0) is 24.3 Å². The zero-order chi connectivity index (χ0) is 9.97. The molecule has 0 saturated heterocycles. The maximum atomic E-state index is 4.29. The summed E-state index contributed by atoms with van der Waals surface area (Å²) >= 11 is 0. The van der Waals surface area contributed by atoms with E-state index in [1.165, 1.54) is 0 Å². The van der Waals surface area contributed by atoms with Crippen LogP contribution >= 0.6 is 0 Å². The minimum atomic E-state index is 1.01. The number of nitrogens with one attached hydrogen (secondary N) is 1. The van der Waals surface area contributed by atoms with E-state index in [-0.39, 0.29) is 0 Å². The molecule has 1 aromatic carbocycles. The van der Waals surface area contributed by atoms with Crippen molar-refractivity contribution in [2.24, 2.45) is 0 Å². The first-order chi connectivity index (χ1) is 6.77. The molecule has 3 heteroatoms. The molecule has 0 saturated carbocycles. The van der Waals surface area contributed by atoms with Crippen LogP contribution in [0, 0.1) is 0 Å². The molecule has 1 aromatic heterocycles. The second kappa shape index (κ2) is 3.64. The Kier molecular flexibility index (Phi) is 2.33. The van der Waals surface area contributed by atoms with E-state index < -0.39 is 0 Å². The number of rotatable bonds is 2. The highest BCUT2D eigenvalue weighted by atomic mass is 15.5. The molecule has 0 aliphatic rings. The highest BCUT2D eigenvalue weighted by Crippen LogP contribution is 2.20. The number of benzene rings is 1. The van der Waals surface area contributed by atoms with Crippen molar-refractivity contribution in [1.29, 1.82) is 0 Å². The molecule has 0 spiro atoms. The predicted octanol–water partition coefficient (Wildman–Crippen LogP) is 2.12. The molecule has 72 valence electrons. The van der Waals surface area contributed by atoms with Crippen LogP contribution in [-0.2, 0) is 0 Å². The molecule has 0 atom stereocenters. The molecular weight excluding hydrogens is 174 g/mol. The van der Waals surface area contributed by atoms with Crippen LogP contribution in [0.25, 0.3) is 10.9 Å². The van der Waals surface area contributed by atoms with Crippen molar-refractivity contribution in [3.8, 4) is 0 Å². The van der Waals surface area contributed by atoms with E-state index in [9.17, 15) is 0 Å². The normalized spacial score (nSPS) is 10.8. The molecule has 0 aliphatic heterocycles. The van der Waals surface area contributed by atoms with Crippen LogP contribution in [0.5, 0.6) is 0 Å². The first-order valence-electron chi connectivity index (χ1n) is 4.55. The Morgan fingerprint density at radius 2 is 2.00 bits per heavy atom. The summed E-state index contributed by atoms with van der Waals surface area (Å²) in [4.78, 5) is 4.29. The summed E-state index contributed by atoms with van der Waals surface area (Å²) in [6.07, 6.45) is 1.81. The molecule has 0 aliphatic carbocycles. The SMILES string of the molecule is CN(C)Nc1cccc2ncccc12. The molecular formula is C11H13N3. The van der Waals surface area contributed by atoms with Gasteiger partial charge in [0.2, 0.25) is 0 Å². The van der Waals surface area contributed by atoms with Crippen molar-refractivity contribution in [3.05, 3.63) is 36.5 Å². The number of pyridine rings is 1. The van der Waals surface area contributed by atoms with Gasteiger partial charge < -0.3 is 5.43 Å². The van der Waals surface area contributed by atoms with Crippen molar-refractivity contribution in [2.45, 2.75) is 0 Å². The first kappa shape index (κ1) is 8.97. The lowest BCUT2D eigenvalue weighted by Crippen LogP contribution is -2.19. The van der Waals surface area contributed by atoms with E-state index in [1.54, 1.807) is 0 Å². The van der Waals surface area contributed by atoms with Crippen molar-refractivity contribution in [1.82, 2.24) is 9.99 Å². The topological polar surface area (TPSA) is 28.2 Å². The fourth-order valence-corrected chi connectivity index (χ4v) is 1.44. The zero-order valence-electron chi connectivity index (χ0n) is 8.36. The van der Waals surface area contributed by atoms with Gasteiger partial charge >= 0.3 is 0 Å². The van der Waals surface area contributed by atoms with Crippen LogP contribution < -0.4 is 5.43 Å². The quantitative estimate of drug-likeness (QED) is 0.730. The lowest BCUT2D eigenvalue weighted by atomic mass is 10.2. The lowest BCUT2D eigenvalue weighted by Gasteiger charge is -2.14. The van der Waals surface area contributed by atoms with Gasteiger partial charge in [0.15, 0.2) is 0 Å². The fraction of sp³-hybridized carbons (Fsp3) is 0.182. The summed E-state index contributed by atoms with van der Waals surface area (Å²) in [5.74, 6) is 0. The Labute approximate surface area is 83.3 Å². The zero-order valence-corrected chi connectivity index (χ0v) is 8.36. The molecule has 2 rings (SSSR count). The predicted molar refractivity (Wildman–Crippen MR) is 59.1 cm³/mol. The van der Waals surface area contributed by atoms with Crippen LogP contribution in [0.4, 0.5) is 5.69 Å². The molecule has 1 heterocycles. The van der Waals surface area contributed by atoms with Crippen molar-refractivity contribution < 1.29 is 0 Å². The highest BCUT2D eigenvalue weighted by Gasteiger charge is 2.00. The smallest absolute Gasteiger partial charge is 0.0723 e. The largest absolute Gasteiger partial charge is 0.319 e. The Morgan fingerprint density at radius 3 is 2.79 bits per heavy atom. The molecule has 0 radical (unpaired) electrons. The summed E-state index contributed by atoms with van der Waals surface area (Å²) in [6, 6.07) is 10.1. The maximum absolute atomic E-state index is 4.29. The minimum Gasteiger partial charge on any atom is -0.319 e. The van der Waals surface area contributed by atoms with Crippen molar-refractivity contribution in [3.63, 3.8) is 0 Å². The van der Waals surface area contributed by atoms with E-state index in [0.717, 1.165) is 16.6 Å². The third kappa shape index (κ3) is 1.67. The second-order valence-electron chi connectivity index (χ2n) is 3.38. The summed E-state index contributed by atoms with van der Waals surface area (Å²) < 4.78 is 0. The van der Waals surface area contributed by atoms with E-state index in [0.29, 0.717) is 0 Å². The van der Waals surface area contributed by atoms with Gasteiger partial charge in [-0.15, -0.1) is 0 Å². The van der Waals surface area contributed by atoms with Crippen molar-refractivity contribution in [2.75, 3.05) is 19.5 Å². The van der Waals surface area contributed by atoms with Crippen LogP contribution in [0.15, 0.2) is 36.5 Å². The lowest BCUT2D eigenvalue weighted by molar-refractivity contribution is 0.496. The van der Waals surface area contributed by atoms with Gasteiger partial charge in [-0.1, -0.05) is 6.07 Å². The number of nitrogens with zero attached hydrogens (tertiary/aromatic N) is 2. The minimum absolute atomic E-state index is 1.01. The van der Waals surface area contributed by atoms with Gasteiger partial charge in [-0.2, -0.15) is 0 Å². The number of fused-ring (bicyclic) bond motifs is 1. The molecule has 1 N–H and O–H groups in total. The van der Waals surface area contributed by atoms with E-state index in [4.69, 9.17) is 0 Å². The summed E-state index contributed by atoms with van der Waals surface area (Å²) in [6.45, 7) is 0. The van der Waals surface area contributed by atoms with E-state index in [1.807, 2.05) is 49.6 Å². The highest BCUT2D eigenvalue weighted by molar-refractivity contribution is 5.90. The Balaban J connectivity index is 2.53. The van der Waals surface area contributed by atoms with Crippen LogP contribution in [-0.4, -0.2) is 24.1 Å². The Morgan fingerprint density at radius 1 is 1.14 bits per heavy atom. The number of anilines is 1. The third-order valence-corrected chi connectivity index (χ3v) is 1.99. The number of hydrogen-bond donors (Lipinski definition) is 1. The molecule has 0 amide bonds. The standard InChI is InChI=1S/C11H13N3/c1-14(2)13-11-7-3-6-10-9(11)5-4-8-12-10/h3-8,13H,1-2H3. The Bertz CT molecular complexity index is 432. The molecule has 0 bridgehead atoms. The number of aromatic nitrogens is 1. The average molecular weight is 187 g/mol. The van der Waals surface area contributed by atoms with Crippen LogP contribution in [0.3, 0.4) is 0 Å². The fourth-order valence-electron chi connectivity index (χ4n) is 1.44. The maximum Gasteiger partial charge on any atom is 0.0723 e. The molecule has 2 aromatic rings.